The van der Waals surface area contributed by atoms with Gasteiger partial charge in [0.05, 0.1) is 5.97 Å². The first-order chi connectivity index (χ1) is 12.4. The minimum absolute atomic E-state index is 0. The normalized spacial score (nSPS) is 11.1. The molecule has 0 amide bonds. The van der Waals surface area contributed by atoms with Gasteiger partial charge in [-0.1, -0.05) is 95.6 Å². The Morgan fingerprint density at radius 2 is 1.41 bits per heavy atom. The Morgan fingerprint density at radius 3 is 1.96 bits per heavy atom. The van der Waals surface area contributed by atoms with Crippen LogP contribution in [0, 0.1) is 0 Å². The molecule has 0 fully saturated rings. The predicted molar refractivity (Wildman–Crippen MR) is 114 cm³/mol. The first kappa shape index (κ1) is 26.7. The van der Waals surface area contributed by atoms with Crippen molar-refractivity contribution in [1.29, 1.82) is 0 Å². The summed E-state index contributed by atoms with van der Waals surface area (Å²) in [6.45, 7) is 8.26. The van der Waals surface area contributed by atoms with Gasteiger partial charge in [0.25, 0.3) is 0 Å². The number of carboxylic acids is 1. The molecule has 0 aliphatic carbocycles. The van der Waals surface area contributed by atoms with Crippen molar-refractivity contribution >= 4 is 19.7 Å². The quantitative estimate of drug-likeness (QED) is 0.364. The second kappa shape index (κ2) is 15.6. The van der Waals surface area contributed by atoms with E-state index >= 15 is 0 Å². The third-order valence-corrected chi connectivity index (χ3v) is 8.60. The Bertz CT molecular complexity index is 506. The van der Waals surface area contributed by atoms with Gasteiger partial charge in [-0.15, -0.1) is 0 Å². The van der Waals surface area contributed by atoms with Gasteiger partial charge in [-0.2, -0.15) is 0 Å². The second-order valence-corrected chi connectivity index (χ2v) is 13.6. The van der Waals surface area contributed by atoms with E-state index in [1.54, 1.807) is 12.1 Å². The maximum absolute atomic E-state index is 10.7. The molecule has 0 heterocycles. The van der Waals surface area contributed by atoms with Gasteiger partial charge in [-0.25, -0.2) is 0 Å². The van der Waals surface area contributed by atoms with Gasteiger partial charge in [-0.3, -0.25) is 0 Å². The number of hydrogen-bond donors (Lipinski definition) is 1. The number of carboxylic acid groups (broad SMARTS) is 1. The molecule has 1 N–H and O–H groups in total. The Kier molecular flexibility index (Phi) is 15.4. The van der Waals surface area contributed by atoms with Crippen LogP contribution in [0.25, 0.3) is 0 Å². The van der Waals surface area contributed by atoms with Crippen LogP contribution in [-0.4, -0.2) is 20.6 Å². The average Bonchev–Trinajstić information content (AvgIpc) is 2.61. The summed E-state index contributed by atoms with van der Waals surface area (Å²) < 4.78 is 0. The average molecular weight is 400 g/mol. The molecule has 0 bridgehead atoms. The molecule has 0 aromatic heterocycles. The number of unbranched alkanes of at least 4 members (excludes halogenated alkanes) is 7. The number of carbonyl (C=O) groups is 1. The molecular weight excluding hydrogens is 361 g/mol. The molecule has 27 heavy (non-hydrogen) atoms. The number of carbonyl (C=O) groups excluding carboxylic acids is 1. The summed E-state index contributed by atoms with van der Waals surface area (Å²) in [6, 6.07) is 9.62. The van der Waals surface area contributed by atoms with Gasteiger partial charge in [0.15, 0.2) is 0 Å². The molecule has 0 aliphatic rings. The summed E-state index contributed by atoms with van der Waals surface area (Å²) in [7, 11) is -1.07. The van der Waals surface area contributed by atoms with Gasteiger partial charge in [0.2, 0.25) is 0 Å². The van der Waals surface area contributed by atoms with Crippen LogP contribution in [0.2, 0.25) is 25.2 Å². The molecule has 3 nitrogen and oxygen atoms in total. The van der Waals surface area contributed by atoms with E-state index in [1.165, 1.54) is 69.9 Å². The summed E-state index contributed by atoms with van der Waals surface area (Å²) in [5.74, 6) is -1.12. The van der Waals surface area contributed by atoms with Crippen molar-refractivity contribution in [2.24, 2.45) is 0 Å². The van der Waals surface area contributed by atoms with Crippen molar-refractivity contribution < 1.29 is 39.5 Å². The summed E-state index contributed by atoms with van der Waals surface area (Å²) in [6.07, 6.45) is 12.4. The maximum Gasteiger partial charge on any atom is 1.00 e. The molecule has 1 aromatic carbocycles. The summed E-state index contributed by atoms with van der Waals surface area (Å²) in [4.78, 5) is 10.7. The molecule has 5 heteroatoms. The number of hydrogen-bond acceptors (Lipinski definition) is 3. The van der Waals surface area contributed by atoms with Gasteiger partial charge in [0.1, 0.15) is 0 Å². The SMILES string of the molecule is CCCCCCCCCC[Si](C)(C)CCCNc1ccc(C(=O)[O-])cc1.[Na+]. The maximum atomic E-state index is 10.7. The molecule has 0 saturated heterocycles. The molecule has 1 rings (SSSR count). The van der Waals surface area contributed by atoms with E-state index in [4.69, 9.17) is 0 Å². The van der Waals surface area contributed by atoms with Crippen LogP contribution in [0.1, 0.15) is 75.1 Å². The van der Waals surface area contributed by atoms with Gasteiger partial charge in [0, 0.05) is 20.3 Å². The number of benzene rings is 1. The number of aromatic carboxylic acids is 1. The monoisotopic (exact) mass is 399 g/mol. The Morgan fingerprint density at radius 1 is 0.889 bits per heavy atom. The van der Waals surface area contributed by atoms with Crippen molar-refractivity contribution in [2.45, 2.75) is 89.9 Å². The fourth-order valence-electron chi connectivity index (χ4n) is 3.39. The van der Waals surface area contributed by atoms with Crippen LogP contribution in [0.3, 0.4) is 0 Å². The van der Waals surface area contributed by atoms with E-state index in [0.717, 1.165) is 12.2 Å². The van der Waals surface area contributed by atoms with E-state index in [2.05, 4.69) is 25.3 Å². The zero-order valence-corrected chi connectivity index (χ0v) is 21.1. The first-order valence-electron chi connectivity index (χ1n) is 10.5. The van der Waals surface area contributed by atoms with Crippen LogP contribution in [0.5, 0.6) is 0 Å². The van der Waals surface area contributed by atoms with Crippen molar-refractivity contribution in [2.75, 3.05) is 11.9 Å². The molecular formula is C22H38NNaO2Si. The molecule has 148 valence electrons. The van der Waals surface area contributed by atoms with Crippen molar-refractivity contribution in [3.63, 3.8) is 0 Å². The van der Waals surface area contributed by atoms with E-state index in [0.29, 0.717) is 0 Å². The second-order valence-electron chi connectivity index (χ2n) is 8.28. The molecule has 0 unspecified atom stereocenters. The van der Waals surface area contributed by atoms with Crippen LogP contribution in [0.4, 0.5) is 5.69 Å². The van der Waals surface area contributed by atoms with Crippen molar-refractivity contribution in [1.82, 2.24) is 0 Å². The number of anilines is 1. The van der Waals surface area contributed by atoms with E-state index in [9.17, 15) is 9.90 Å². The van der Waals surface area contributed by atoms with Crippen LogP contribution >= 0.6 is 0 Å². The Hall–Kier alpha value is -0.293. The largest absolute Gasteiger partial charge is 1.00 e. The van der Waals surface area contributed by atoms with Gasteiger partial charge < -0.3 is 15.2 Å². The predicted octanol–water partition coefficient (Wildman–Crippen LogP) is 2.71. The van der Waals surface area contributed by atoms with Crippen molar-refractivity contribution in [3.8, 4) is 0 Å². The topological polar surface area (TPSA) is 52.2 Å². The molecule has 0 radical (unpaired) electrons. The Labute approximate surface area is 190 Å². The zero-order chi connectivity index (χ0) is 19.3. The molecule has 1 aromatic rings. The van der Waals surface area contributed by atoms with Crippen molar-refractivity contribution in [3.05, 3.63) is 29.8 Å². The molecule has 0 atom stereocenters. The smallest absolute Gasteiger partial charge is 0.545 e. The van der Waals surface area contributed by atoms with Gasteiger partial charge in [-0.05, 0) is 24.1 Å². The summed E-state index contributed by atoms with van der Waals surface area (Å²) in [5, 5.41) is 14.1. The zero-order valence-electron chi connectivity index (χ0n) is 18.1. The first-order valence-corrected chi connectivity index (χ1v) is 13.9. The minimum Gasteiger partial charge on any atom is -0.545 e. The molecule has 0 aliphatic heterocycles. The molecule has 0 spiro atoms. The van der Waals surface area contributed by atoms with Crippen LogP contribution in [0.15, 0.2) is 24.3 Å². The fourth-order valence-corrected chi connectivity index (χ4v) is 5.98. The number of rotatable bonds is 15. The Balaban J connectivity index is 0.00000676. The third kappa shape index (κ3) is 13.5. The van der Waals surface area contributed by atoms with E-state index in [1.807, 2.05) is 12.1 Å². The van der Waals surface area contributed by atoms with Crippen LogP contribution < -0.4 is 40.0 Å². The van der Waals surface area contributed by atoms with Gasteiger partial charge >= 0.3 is 29.6 Å². The van der Waals surface area contributed by atoms with Crippen LogP contribution in [-0.2, 0) is 0 Å². The van der Waals surface area contributed by atoms with E-state index in [-0.39, 0.29) is 35.1 Å². The molecule has 0 saturated carbocycles. The fraction of sp³-hybridized carbons (Fsp3) is 0.682. The number of nitrogens with one attached hydrogen (secondary N) is 1. The minimum atomic E-state index is -1.12. The standard InChI is InChI=1S/C22H39NO2Si.Na/c1-4-5-6-7-8-9-10-11-18-26(2,3)19-12-17-23-21-15-13-20(14-16-21)22(24)25;/h13-16,23H,4-12,17-19H2,1-3H3,(H,24,25);/q;+1/p-1. The van der Waals surface area contributed by atoms with E-state index < -0.39 is 14.0 Å². The third-order valence-electron chi connectivity index (χ3n) is 5.19. The summed E-state index contributed by atoms with van der Waals surface area (Å²) in [5.41, 5.74) is 1.21. The summed E-state index contributed by atoms with van der Waals surface area (Å²) >= 11 is 0.